The molecule has 0 unspecified atom stereocenters. The van der Waals surface area contributed by atoms with Gasteiger partial charge in [-0.05, 0) is 13.0 Å². The Morgan fingerprint density at radius 2 is 1.92 bits per heavy atom. The molecule has 0 saturated heterocycles. The van der Waals surface area contributed by atoms with E-state index in [9.17, 15) is 5.11 Å². The molecule has 0 radical (unpaired) electrons. The van der Waals surface area contributed by atoms with Crippen LogP contribution in [0.2, 0.25) is 0 Å². The predicted octanol–water partition coefficient (Wildman–Crippen LogP) is -0.157. The first-order chi connectivity index (χ1) is 5.68. The lowest BCUT2D eigenvalue weighted by Gasteiger charge is -2.01. The highest BCUT2D eigenvalue weighted by molar-refractivity contribution is 5.88. The van der Waals surface area contributed by atoms with Crippen molar-refractivity contribution in [1.29, 1.82) is 0 Å². The molecule has 0 aliphatic rings. The minimum Gasteiger partial charge on any atom is -0.876 e. The Morgan fingerprint density at radius 1 is 1.33 bits per heavy atom. The number of hydrogen-bond acceptors (Lipinski definition) is 1. The van der Waals surface area contributed by atoms with E-state index in [-0.39, 0.29) is 5.76 Å². The summed E-state index contributed by atoms with van der Waals surface area (Å²) in [6, 6.07) is 7.81. The lowest BCUT2D eigenvalue weighted by molar-refractivity contribution is -0.353. The summed E-state index contributed by atoms with van der Waals surface area (Å²) in [4.78, 5) is 3.09. The van der Waals surface area contributed by atoms with E-state index in [0.717, 1.165) is 11.4 Å². The fourth-order valence-corrected chi connectivity index (χ4v) is 1.03. The van der Waals surface area contributed by atoms with Gasteiger partial charge in [-0.1, -0.05) is 19.1 Å². The largest absolute Gasteiger partial charge is 0.876 e. The summed E-state index contributed by atoms with van der Waals surface area (Å²) in [5.74, 6) is 0.0616. The van der Waals surface area contributed by atoms with Crippen molar-refractivity contribution in [2.45, 2.75) is 13.8 Å². The summed E-state index contributed by atoms with van der Waals surface area (Å²) in [5.41, 5.74) is 1.89. The number of rotatable bonds is 2. The lowest BCUT2D eigenvalue weighted by atomic mass is 10.3. The lowest BCUT2D eigenvalue weighted by Crippen LogP contribution is -2.64. The third-order valence-corrected chi connectivity index (χ3v) is 1.42. The SMILES string of the molecule is CC(/C=C(/C)[O-])=[NH+][c-]1cccc1. The van der Waals surface area contributed by atoms with Gasteiger partial charge in [-0.3, -0.25) is 4.99 Å². The zero-order valence-electron chi connectivity index (χ0n) is 7.29. The van der Waals surface area contributed by atoms with Gasteiger partial charge in [0.05, 0.1) is 0 Å². The van der Waals surface area contributed by atoms with E-state index in [1.54, 1.807) is 6.08 Å². The molecule has 0 spiro atoms. The average Bonchev–Trinajstić information content (AvgIpc) is 2.37. The molecule has 1 N–H and O–H groups in total. The standard InChI is InChI=1S/C10H13NO/c1-8(7-9(2)12)11-10-5-3-4-6-10/h3-7,11-12H,1-2H3/p-1/b9-7-,11-8?. The fourth-order valence-electron chi connectivity index (χ4n) is 1.03. The molecule has 0 aliphatic carbocycles. The van der Waals surface area contributed by atoms with E-state index in [2.05, 4.69) is 4.99 Å². The first-order valence-electron chi connectivity index (χ1n) is 3.86. The quantitative estimate of drug-likeness (QED) is 0.366. The number of allylic oxidation sites excluding steroid dienone is 2. The van der Waals surface area contributed by atoms with Crippen LogP contribution < -0.4 is 10.1 Å². The molecule has 1 aromatic rings. The van der Waals surface area contributed by atoms with Crippen molar-refractivity contribution in [1.82, 2.24) is 0 Å². The second-order valence-corrected chi connectivity index (χ2v) is 2.74. The normalized spacial score (nSPS) is 13.5. The van der Waals surface area contributed by atoms with Crippen LogP contribution in [0.3, 0.4) is 0 Å². The van der Waals surface area contributed by atoms with Crippen molar-refractivity contribution in [3.05, 3.63) is 36.1 Å². The van der Waals surface area contributed by atoms with Gasteiger partial charge in [-0.15, -0.1) is 5.76 Å². The van der Waals surface area contributed by atoms with Crippen LogP contribution >= 0.6 is 0 Å². The molecule has 0 atom stereocenters. The minimum atomic E-state index is 0.0616. The molecule has 12 heavy (non-hydrogen) atoms. The molecular weight excluding hydrogens is 150 g/mol. The molecule has 0 heterocycles. The van der Waals surface area contributed by atoms with Crippen molar-refractivity contribution in [2.75, 3.05) is 0 Å². The summed E-state index contributed by atoms with van der Waals surface area (Å²) in [7, 11) is 0. The molecule has 2 nitrogen and oxygen atoms in total. The minimum absolute atomic E-state index is 0.0616. The zero-order chi connectivity index (χ0) is 8.97. The Morgan fingerprint density at radius 3 is 2.42 bits per heavy atom. The molecule has 1 rings (SSSR count). The van der Waals surface area contributed by atoms with Gasteiger partial charge in [-0.25, -0.2) is 0 Å². The fraction of sp³-hybridized carbons (Fsp3) is 0.200. The summed E-state index contributed by atoms with van der Waals surface area (Å²) in [6.07, 6.45) is 1.58. The van der Waals surface area contributed by atoms with Gasteiger partial charge in [0.2, 0.25) is 0 Å². The van der Waals surface area contributed by atoms with Gasteiger partial charge in [0.25, 0.3) is 0 Å². The number of hydrogen-bond donors (Lipinski definition) is 1. The monoisotopic (exact) mass is 162 g/mol. The van der Waals surface area contributed by atoms with Gasteiger partial charge >= 0.3 is 0 Å². The maximum Gasteiger partial charge on any atom is 0.114 e. The maximum absolute atomic E-state index is 10.7. The topological polar surface area (TPSA) is 37.0 Å². The Balaban J connectivity index is 2.77. The molecule has 0 amide bonds. The van der Waals surface area contributed by atoms with Crippen LogP contribution in [-0.2, 0) is 0 Å². The van der Waals surface area contributed by atoms with E-state index in [1.165, 1.54) is 6.92 Å². The van der Waals surface area contributed by atoms with Crippen molar-refractivity contribution >= 4 is 11.4 Å². The number of nitrogens with one attached hydrogen (secondary N) is 1. The summed E-state index contributed by atoms with van der Waals surface area (Å²) < 4.78 is 0. The Labute approximate surface area is 72.2 Å². The van der Waals surface area contributed by atoms with E-state index in [1.807, 2.05) is 31.2 Å². The molecule has 64 valence electrons. The van der Waals surface area contributed by atoms with Gasteiger partial charge < -0.3 is 5.11 Å². The predicted molar refractivity (Wildman–Crippen MR) is 47.1 cm³/mol. The van der Waals surface area contributed by atoms with Gasteiger partial charge in [0.15, 0.2) is 0 Å². The Kier molecular flexibility index (Phi) is 2.75. The average molecular weight is 162 g/mol. The third kappa shape index (κ3) is 2.66. The highest BCUT2D eigenvalue weighted by atomic mass is 16.3. The summed E-state index contributed by atoms with van der Waals surface area (Å²) in [6.45, 7) is 3.41. The van der Waals surface area contributed by atoms with E-state index < -0.39 is 0 Å². The van der Waals surface area contributed by atoms with Crippen molar-refractivity contribution in [3.8, 4) is 0 Å². The van der Waals surface area contributed by atoms with Crippen LogP contribution in [0.1, 0.15) is 13.8 Å². The first kappa shape index (κ1) is 8.65. The van der Waals surface area contributed by atoms with Crippen LogP contribution in [0, 0.1) is 0 Å². The van der Waals surface area contributed by atoms with Crippen LogP contribution in [0.25, 0.3) is 0 Å². The Hall–Kier alpha value is -1.44. The van der Waals surface area contributed by atoms with Crippen LogP contribution in [0.5, 0.6) is 0 Å². The molecule has 0 saturated carbocycles. The highest BCUT2D eigenvalue weighted by Gasteiger charge is 1.87. The summed E-state index contributed by atoms with van der Waals surface area (Å²) >= 11 is 0. The van der Waals surface area contributed by atoms with Gasteiger partial charge in [-0.2, -0.15) is 12.1 Å². The first-order valence-corrected chi connectivity index (χ1v) is 3.86. The molecular formula is C10H12NO-. The molecule has 0 aliphatic heterocycles. The zero-order valence-corrected chi connectivity index (χ0v) is 7.29. The van der Waals surface area contributed by atoms with Crippen molar-refractivity contribution in [3.63, 3.8) is 0 Å². The Bertz CT molecular complexity index is 290. The van der Waals surface area contributed by atoms with Gasteiger partial charge in [0.1, 0.15) is 11.4 Å². The maximum atomic E-state index is 10.7. The van der Waals surface area contributed by atoms with E-state index in [4.69, 9.17) is 0 Å². The van der Waals surface area contributed by atoms with Crippen LogP contribution in [0.15, 0.2) is 36.1 Å². The molecule has 2 heteroatoms. The second kappa shape index (κ2) is 3.81. The van der Waals surface area contributed by atoms with E-state index in [0.29, 0.717) is 0 Å². The van der Waals surface area contributed by atoms with Gasteiger partial charge in [0, 0.05) is 0 Å². The highest BCUT2D eigenvalue weighted by Crippen LogP contribution is 1.96. The molecule has 0 aromatic heterocycles. The van der Waals surface area contributed by atoms with E-state index >= 15 is 0 Å². The third-order valence-electron chi connectivity index (χ3n) is 1.42. The molecule has 1 aromatic carbocycles. The van der Waals surface area contributed by atoms with Crippen LogP contribution in [-0.4, -0.2) is 5.71 Å². The smallest absolute Gasteiger partial charge is 0.114 e. The molecule has 0 bridgehead atoms. The van der Waals surface area contributed by atoms with Crippen molar-refractivity contribution < 1.29 is 10.1 Å². The van der Waals surface area contributed by atoms with Crippen LogP contribution in [0.4, 0.5) is 5.69 Å². The van der Waals surface area contributed by atoms with Crippen molar-refractivity contribution in [2.24, 2.45) is 0 Å². The molecule has 0 fully saturated rings. The summed E-state index contributed by atoms with van der Waals surface area (Å²) in [5, 5.41) is 10.7. The second-order valence-electron chi connectivity index (χ2n) is 2.74.